The summed E-state index contributed by atoms with van der Waals surface area (Å²) >= 11 is 0. The third-order valence-electron chi connectivity index (χ3n) is 1.96. The zero-order valence-electron chi connectivity index (χ0n) is 6.76. The van der Waals surface area contributed by atoms with Crippen LogP contribution in [0, 0.1) is 0 Å². The Morgan fingerprint density at radius 2 is 2.50 bits per heavy atom. The number of hydrogen-bond acceptors (Lipinski definition) is 2. The zero-order chi connectivity index (χ0) is 8.55. The second kappa shape index (κ2) is 2.52. The molecule has 1 N–H and O–H groups in total. The molecule has 0 fully saturated rings. The largest absolute Gasteiger partial charge is 0.462 e. The summed E-state index contributed by atoms with van der Waals surface area (Å²) in [5, 5.41) is 0. The van der Waals surface area contributed by atoms with Gasteiger partial charge in [-0.3, -0.25) is 4.79 Å². The molecule has 0 atom stereocenters. The molecular weight excluding hydrogens is 154 g/mol. The highest BCUT2D eigenvalue weighted by Crippen LogP contribution is 2.21. The molecule has 0 saturated heterocycles. The quantitative estimate of drug-likeness (QED) is 0.689. The molecule has 0 saturated carbocycles. The molecule has 62 valence electrons. The first-order valence-corrected chi connectivity index (χ1v) is 3.89. The van der Waals surface area contributed by atoms with Crippen LogP contribution in [0.25, 0.3) is 11.1 Å². The lowest BCUT2D eigenvalue weighted by atomic mass is 10.2. The molecule has 2 aromatic heterocycles. The predicted octanol–water partition coefficient (Wildman–Crippen LogP) is 2.14. The minimum atomic E-state index is 0.569. The number of rotatable bonds is 2. The van der Waals surface area contributed by atoms with Crippen molar-refractivity contribution in [3.8, 4) is 0 Å². The third-order valence-corrected chi connectivity index (χ3v) is 1.96. The smallest absolute Gasteiger partial charge is 0.166 e. The van der Waals surface area contributed by atoms with Crippen LogP contribution < -0.4 is 0 Å². The summed E-state index contributed by atoms with van der Waals surface area (Å²) in [4.78, 5) is 13.4. The molecule has 3 heteroatoms. The number of hydrogen-bond donors (Lipinski definition) is 1. The first-order valence-electron chi connectivity index (χ1n) is 3.89. The van der Waals surface area contributed by atoms with Gasteiger partial charge in [0, 0.05) is 11.6 Å². The molecule has 3 nitrogen and oxygen atoms in total. The Bertz CT molecular complexity index is 411. The summed E-state index contributed by atoms with van der Waals surface area (Å²) in [6, 6.07) is 1.71. The van der Waals surface area contributed by atoms with E-state index in [4.69, 9.17) is 4.42 Å². The number of aryl methyl sites for hydroxylation is 1. The fourth-order valence-electron chi connectivity index (χ4n) is 1.30. The number of carbonyl (C=O) groups excluding carboxylic acids is 1. The average molecular weight is 163 g/mol. The molecule has 0 radical (unpaired) electrons. The Morgan fingerprint density at radius 1 is 1.67 bits per heavy atom. The van der Waals surface area contributed by atoms with Crippen molar-refractivity contribution >= 4 is 17.4 Å². The van der Waals surface area contributed by atoms with Gasteiger partial charge in [-0.2, -0.15) is 0 Å². The van der Waals surface area contributed by atoms with E-state index in [0.717, 1.165) is 29.4 Å². The molecule has 0 unspecified atom stereocenters. The first kappa shape index (κ1) is 7.16. The van der Waals surface area contributed by atoms with Crippen LogP contribution in [0.5, 0.6) is 0 Å². The Morgan fingerprint density at radius 3 is 3.17 bits per heavy atom. The Balaban J connectivity index is 2.68. The molecule has 0 bridgehead atoms. The molecule has 0 spiro atoms. The van der Waals surface area contributed by atoms with E-state index in [1.54, 1.807) is 12.3 Å². The number of fused-ring (bicyclic) bond motifs is 1. The zero-order valence-corrected chi connectivity index (χ0v) is 6.76. The number of aldehydes is 1. The van der Waals surface area contributed by atoms with Gasteiger partial charge in [-0.1, -0.05) is 6.92 Å². The van der Waals surface area contributed by atoms with Gasteiger partial charge in [0.05, 0.1) is 17.5 Å². The summed E-state index contributed by atoms with van der Waals surface area (Å²) in [7, 11) is 0. The number of H-pyrrole nitrogens is 1. The van der Waals surface area contributed by atoms with E-state index in [9.17, 15) is 4.79 Å². The molecule has 0 aromatic carbocycles. The SMILES string of the molecule is CCc1coc2cc(C=O)[nH]c12. The number of furan rings is 1. The molecule has 0 aliphatic carbocycles. The van der Waals surface area contributed by atoms with E-state index in [1.165, 1.54) is 0 Å². The van der Waals surface area contributed by atoms with E-state index < -0.39 is 0 Å². The van der Waals surface area contributed by atoms with Crippen molar-refractivity contribution in [1.82, 2.24) is 4.98 Å². The normalized spacial score (nSPS) is 10.8. The van der Waals surface area contributed by atoms with Crippen LogP contribution in [0.3, 0.4) is 0 Å². The summed E-state index contributed by atoms with van der Waals surface area (Å²) in [6.07, 6.45) is 3.41. The number of aromatic amines is 1. The van der Waals surface area contributed by atoms with Gasteiger partial charge in [-0.25, -0.2) is 0 Å². The van der Waals surface area contributed by atoms with Gasteiger partial charge in [0.1, 0.15) is 0 Å². The highest BCUT2D eigenvalue weighted by Gasteiger charge is 2.07. The molecular formula is C9H9NO2. The Kier molecular flexibility index (Phi) is 1.50. The maximum Gasteiger partial charge on any atom is 0.166 e. The third kappa shape index (κ3) is 0.863. The minimum Gasteiger partial charge on any atom is -0.462 e. The standard InChI is InChI=1S/C9H9NO2/c1-2-6-5-12-8-3-7(4-11)10-9(6)8/h3-5,10H,2H2,1H3. The van der Waals surface area contributed by atoms with Crippen LogP contribution in [0.2, 0.25) is 0 Å². The molecule has 2 aromatic rings. The van der Waals surface area contributed by atoms with Gasteiger partial charge in [-0.15, -0.1) is 0 Å². The van der Waals surface area contributed by atoms with Crippen LogP contribution in [-0.4, -0.2) is 11.3 Å². The van der Waals surface area contributed by atoms with Gasteiger partial charge in [0.15, 0.2) is 11.9 Å². The van der Waals surface area contributed by atoms with Crippen LogP contribution in [0.4, 0.5) is 0 Å². The van der Waals surface area contributed by atoms with Gasteiger partial charge >= 0.3 is 0 Å². The lowest BCUT2D eigenvalue weighted by Gasteiger charge is -1.85. The summed E-state index contributed by atoms with van der Waals surface area (Å²) in [5.74, 6) is 0. The maximum absolute atomic E-state index is 10.4. The minimum absolute atomic E-state index is 0.569. The Hall–Kier alpha value is -1.51. The van der Waals surface area contributed by atoms with Crippen LogP contribution in [-0.2, 0) is 6.42 Å². The van der Waals surface area contributed by atoms with E-state index in [-0.39, 0.29) is 0 Å². The second-order valence-electron chi connectivity index (χ2n) is 2.70. The van der Waals surface area contributed by atoms with Gasteiger partial charge in [0.2, 0.25) is 0 Å². The van der Waals surface area contributed by atoms with Crippen molar-refractivity contribution in [2.24, 2.45) is 0 Å². The van der Waals surface area contributed by atoms with Gasteiger partial charge in [0.25, 0.3) is 0 Å². The van der Waals surface area contributed by atoms with Crippen molar-refractivity contribution in [2.75, 3.05) is 0 Å². The van der Waals surface area contributed by atoms with Crippen LogP contribution >= 0.6 is 0 Å². The lowest BCUT2D eigenvalue weighted by Crippen LogP contribution is -1.79. The summed E-state index contributed by atoms with van der Waals surface area (Å²) in [6.45, 7) is 2.05. The van der Waals surface area contributed by atoms with Gasteiger partial charge < -0.3 is 9.40 Å². The van der Waals surface area contributed by atoms with E-state index in [0.29, 0.717) is 5.69 Å². The summed E-state index contributed by atoms with van der Waals surface area (Å²) < 4.78 is 5.23. The van der Waals surface area contributed by atoms with E-state index >= 15 is 0 Å². The Labute approximate surface area is 69.4 Å². The highest BCUT2D eigenvalue weighted by molar-refractivity contribution is 5.86. The average Bonchev–Trinajstić information content (AvgIpc) is 2.61. The first-order chi connectivity index (χ1) is 5.85. The summed E-state index contributed by atoms with van der Waals surface area (Å²) in [5.41, 5.74) is 3.38. The number of nitrogens with one attached hydrogen (secondary N) is 1. The number of aromatic nitrogens is 1. The number of carbonyl (C=O) groups is 1. The lowest BCUT2D eigenvalue weighted by molar-refractivity contribution is 0.111. The molecule has 0 amide bonds. The fourth-order valence-corrected chi connectivity index (χ4v) is 1.30. The van der Waals surface area contributed by atoms with Gasteiger partial charge in [-0.05, 0) is 6.42 Å². The van der Waals surface area contributed by atoms with E-state index in [2.05, 4.69) is 4.98 Å². The van der Waals surface area contributed by atoms with Crippen LogP contribution in [0.15, 0.2) is 16.7 Å². The topological polar surface area (TPSA) is 46.0 Å². The van der Waals surface area contributed by atoms with Crippen molar-refractivity contribution in [1.29, 1.82) is 0 Å². The maximum atomic E-state index is 10.4. The molecule has 0 aliphatic heterocycles. The van der Waals surface area contributed by atoms with Crippen molar-refractivity contribution in [3.05, 3.63) is 23.6 Å². The van der Waals surface area contributed by atoms with Crippen molar-refractivity contribution in [2.45, 2.75) is 13.3 Å². The molecule has 12 heavy (non-hydrogen) atoms. The fraction of sp³-hybridized carbons (Fsp3) is 0.222. The monoisotopic (exact) mass is 163 g/mol. The molecule has 2 heterocycles. The predicted molar refractivity (Wildman–Crippen MR) is 45.3 cm³/mol. The molecule has 2 rings (SSSR count). The van der Waals surface area contributed by atoms with Crippen molar-refractivity contribution < 1.29 is 9.21 Å². The van der Waals surface area contributed by atoms with Crippen LogP contribution in [0.1, 0.15) is 23.0 Å². The highest BCUT2D eigenvalue weighted by atomic mass is 16.3. The van der Waals surface area contributed by atoms with Crippen molar-refractivity contribution in [3.63, 3.8) is 0 Å². The molecule has 0 aliphatic rings. The van der Waals surface area contributed by atoms with E-state index in [1.807, 2.05) is 6.92 Å². The second-order valence-corrected chi connectivity index (χ2v) is 2.70.